The smallest absolute Gasteiger partial charge is 0.231 e. The van der Waals surface area contributed by atoms with Gasteiger partial charge in [0.25, 0.3) is 0 Å². The lowest BCUT2D eigenvalue weighted by Crippen LogP contribution is -2.48. The Morgan fingerprint density at radius 1 is 1.06 bits per heavy atom. The molecule has 0 aliphatic heterocycles. The lowest BCUT2D eigenvalue weighted by Gasteiger charge is -2.51. The molecule has 1 fully saturated rings. The molecule has 5 nitrogen and oxygen atoms in total. The Balaban J connectivity index is 1.36. The molecule has 6 heteroatoms. The first-order valence-corrected chi connectivity index (χ1v) is 13.4. The second-order valence-corrected chi connectivity index (χ2v) is 11.5. The van der Waals surface area contributed by atoms with Crippen LogP contribution in [-0.2, 0) is 11.2 Å². The van der Waals surface area contributed by atoms with Crippen LogP contribution >= 0.6 is 11.6 Å². The predicted molar refractivity (Wildman–Crippen MR) is 147 cm³/mol. The van der Waals surface area contributed by atoms with E-state index in [9.17, 15) is 4.79 Å². The van der Waals surface area contributed by atoms with Crippen LogP contribution in [0.3, 0.4) is 0 Å². The van der Waals surface area contributed by atoms with E-state index in [4.69, 9.17) is 11.6 Å². The maximum Gasteiger partial charge on any atom is 0.231 e. The van der Waals surface area contributed by atoms with Crippen molar-refractivity contribution in [3.63, 3.8) is 0 Å². The fourth-order valence-corrected chi connectivity index (χ4v) is 6.39. The monoisotopic (exact) mass is 502 g/mol. The van der Waals surface area contributed by atoms with Gasteiger partial charge in [-0.3, -0.25) is 4.79 Å². The van der Waals surface area contributed by atoms with Crippen molar-refractivity contribution in [1.82, 2.24) is 9.97 Å². The fraction of sp³-hybridized carbons (Fsp3) is 0.433. The highest BCUT2D eigenvalue weighted by Gasteiger charge is 2.51. The van der Waals surface area contributed by atoms with E-state index < -0.39 is 5.41 Å². The topological polar surface area (TPSA) is 66.9 Å². The highest BCUT2D eigenvalue weighted by molar-refractivity contribution is 6.30. The SMILES string of the molecule is CC(C)c1ccc2c(c1)CC[C@@H]1[C@@H]2[C@@H](C)CC[C@@]1(C)C(=O)Nc1cc(Nc2ccc(Cl)cc2)ncn1. The fourth-order valence-electron chi connectivity index (χ4n) is 6.26. The Morgan fingerprint density at radius 3 is 2.56 bits per heavy atom. The Labute approximate surface area is 219 Å². The van der Waals surface area contributed by atoms with E-state index in [0.29, 0.717) is 40.3 Å². The zero-order valence-corrected chi connectivity index (χ0v) is 22.3. The minimum Gasteiger partial charge on any atom is -0.340 e. The number of rotatable bonds is 5. The van der Waals surface area contributed by atoms with Crippen LogP contribution in [0.15, 0.2) is 54.9 Å². The average molecular weight is 503 g/mol. The third-order valence-electron chi connectivity index (χ3n) is 8.45. The summed E-state index contributed by atoms with van der Waals surface area (Å²) in [6.45, 7) is 9.02. The number of halogens is 1. The number of amides is 1. The number of nitrogens with zero attached hydrogens (tertiary/aromatic N) is 2. The molecule has 1 heterocycles. The molecule has 5 rings (SSSR count). The number of carbonyl (C=O) groups excluding carboxylic acids is 1. The third kappa shape index (κ3) is 4.73. The molecule has 2 N–H and O–H groups in total. The van der Waals surface area contributed by atoms with Crippen molar-refractivity contribution >= 4 is 34.8 Å². The molecule has 4 atom stereocenters. The third-order valence-corrected chi connectivity index (χ3v) is 8.70. The lowest BCUT2D eigenvalue weighted by atomic mass is 9.53. The largest absolute Gasteiger partial charge is 0.340 e. The first kappa shape index (κ1) is 24.8. The number of fused-ring (bicyclic) bond motifs is 3. The Bertz CT molecular complexity index is 1260. The molecule has 0 bridgehead atoms. The number of benzene rings is 2. The predicted octanol–water partition coefficient (Wildman–Crippen LogP) is 7.72. The van der Waals surface area contributed by atoms with Crippen molar-refractivity contribution in [3.05, 3.63) is 76.6 Å². The molecule has 1 aromatic heterocycles. The van der Waals surface area contributed by atoms with E-state index >= 15 is 0 Å². The quantitative estimate of drug-likeness (QED) is 0.374. The summed E-state index contributed by atoms with van der Waals surface area (Å²) in [7, 11) is 0. The van der Waals surface area contributed by atoms with Gasteiger partial charge in [-0.1, -0.05) is 57.5 Å². The number of carbonyl (C=O) groups is 1. The molecule has 0 radical (unpaired) electrons. The van der Waals surface area contributed by atoms with Crippen LogP contribution in [0.4, 0.5) is 17.3 Å². The standard InChI is InChI=1S/C30H35ClN4O/c1-18(2)20-5-11-24-21(15-20)6-12-25-28(24)19(3)13-14-30(25,4)29(36)35-27-16-26(32-17-33-27)34-23-9-7-22(31)8-10-23/h5,7-11,15-19,25,28H,6,12-14H2,1-4H3,(H2,32,33,34,35,36)/t19-,25+,28+,30+/m0/s1. The van der Waals surface area contributed by atoms with Gasteiger partial charge in [-0.25, -0.2) is 9.97 Å². The summed E-state index contributed by atoms with van der Waals surface area (Å²) in [5.74, 6) is 3.01. The van der Waals surface area contributed by atoms with E-state index in [1.165, 1.54) is 23.0 Å². The zero-order valence-electron chi connectivity index (χ0n) is 21.5. The highest BCUT2D eigenvalue weighted by atomic mass is 35.5. The van der Waals surface area contributed by atoms with E-state index in [1.54, 1.807) is 6.07 Å². The van der Waals surface area contributed by atoms with Crippen LogP contribution in [0.2, 0.25) is 5.02 Å². The molecule has 1 amide bonds. The van der Waals surface area contributed by atoms with Crippen molar-refractivity contribution in [2.75, 3.05) is 10.6 Å². The Kier molecular flexibility index (Phi) is 6.78. The summed E-state index contributed by atoms with van der Waals surface area (Å²) in [6.07, 6.45) is 5.49. The van der Waals surface area contributed by atoms with Crippen LogP contribution in [0, 0.1) is 17.3 Å². The molecular weight excluding hydrogens is 468 g/mol. The number of aryl methyl sites for hydroxylation is 1. The van der Waals surface area contributed by atoms with Gasteiger partial charge in [-0.15, -0.1) is 0 Å². The van der Waals surface area contributed by atoms with Gasteiger partial charge in [-0.05, 0) is 90.3 Å². The number of aromatic nitrogens is 2. The van der Waals surface area contributed by atoms with Crippen LogP contribution in [0.1, 0.15) is 75.5 Å². The highest BCUT2D eigenvalue weighted by Crippen LogP contribution is 2.56. The molecule has 0 unspecified atom stereocenters. The summed E-state index contributed by atoms with van der Waals surface area (Å²) in [5, 5.41) is 7.06. The van der Waals surface area contributed by atoms with Gasteiger partial charge in [0, 0.05) is 16.8 Å². The van der Waals surface area contributed by atoms with E-state index in [0.717, 1.165) is 31.4 Å². The van der Waals surface area contributed by atoms with Crippen LogP contribution in [0.5, 0.6) is 0 Å². The second-order valence-electron chi connectivity index (χ2n) is 11.1. The molecule has 1 saturated carbocycles. The molecule has 2 aliphatic carbocycles. The minimum absolute atomic E-state index is 0.0581. The molecule has 2 aliphatic rings. The molecular formula is C30H35ClN4O. The van der Waals surface area contributed by atoms with Gasteiger partial charge in [-0.2, -0.15) is 0 Å². The second kappa shape index (κ2) is 9.85. The molecule has 2 aromatic carbocycles. The first-order valence-electron chi connectivity index (χ1n) is 13.0. The number of hydrogen-bond donors (Lipinski definition) is 2. The Hall–Kier alpha value is -2.92. The van der Waals surface area contributed by atoms with Crippen LogP contribution in [0.25, 0.3) is 0 Å². The lowest BCUT2D eigenvalue weighted by molar-refractivity contribution is -0.132. The van der Waals surface area contributed by atoms with Gasteiger partial charge < -0.3 is 10.6 Å². The van der Waals surface area contributed by atoms with E-state index in [-0.39, 0.29) is 5.91 Å². The van der Waals surface area contributed by atoms with Crippen molar-refractivity contribution in [2.24, 2.45) is 17.3 Å². The van der Waals surface area contributed by atoms with Gasteiger partial charge >= 0.3 is 0 Å². The van der Waals surface area contributed by atoms with Gasteiger partial charge in [0.1, 0.15) is 18.0 Å². The molecule has 0 spiro atoms. The van der Waals surface area contributed by atoms with Crippen molar-refractivity contribution in [1.29, 1.82) is 0 Å². The van der Waals surface area contributed by atoms with E-state index in [2.05, 4.69) is 66.5 Å². The van der Waals surface area contributed by atoms with E-state index in [1.807, 2.05) is 24.3 Å². The van der Waals surface area contributed by atoms with Crippen LogP contribution in [-0.4, -0.2) is 15.9 Å². The number of hydrogen-bond acceptors (Lipinski definition) is 4. The maximum atomic E-state index is 13.8. The molecule has 188 valence electrons. The van der Waals surface area contributed by atoms with Gasteiger partial charge in [0.2, 0.25) is 5.91 Å². The summed E-state index contributed by atoms with van der Waals surface area (Å²) in [4.78, 5) is 22.5. The number of anilines is 3. The van der Waals surface area contributed by atoms with Crippen molar-refractivity contribution in [3.8, 4) is 0 Å². The van der Waals surface area contributed by atoms with Gasteiger partial charge in [0.05, 0.1) is 5.41 Å². The Morgan fingerprint density at radius 2 is 1.81 bits per heavy atom. The van der Waals surface area contributed by atoms with Crippen molar-refractivity contribution in [2.45, 2.75) is 65.2 Å². The molecule has 3 aromatic rings. The minimum atomic E-state index is -0.444. The normalized spacial score (nSPS) is 25.1. The summed E-state index contributed by atoms with van der Waals surface area (Å²) in [5.41, 5.74) is 4.77. The summed E-state index contributed by atoms with van der Waals surface area (Å²) in [6, 6.07) is 16.2. The zero-order chi connectivity index (χ0) is 25.4. The summed E-state index contributed by atoms with van der Waals surface area (Å²) >= 11 is 5.99. The number of nitrogens with one attached hydrogen (secondary N) is 2. The van der Waals surface area contributed by atoms with Gasteiger partial charge in [0.15, 0.2) is 0 Å². The molecule has 0 saturated heterocycles. The maximum absolute atomic E-state index is 13.8. The van der Waals surface area contributed by atoms with Crippen molar-refractivity contribution < 1.29 is 4.79 Å². The summed E-state index contributed by atoms with van der Waals surface area (Å²) < 4.78 is 0. The first-order chi connectivity index (χ1) is 17.2. The molecule has 36 heavy (non-hydrogen) atoms. The average Bonchev–Trinajstić information content (AvgIpc) is 2.87. The van der Waals surface area contributed by atoms with Crippen LogP contribution < -0.4 is 10.6 Å².